The lowest BCUT2D eigenvalue weighted by Crippen LogP contribution is -2.06. The summed E-state index contributed by atoms with van der Waals surface area (Å²) in [4.78, 5) is 11.1. The first-order valence-electron chi connectivity index (χ1n) is 3.56. The number of esters is 1. The highest BCUT2D eigenvalue weighted by molar-refractivity contribution is 6.39. The van der Waals surface area contributed by atoms with Gasteiger partial charge in [0.05, 0.1) is 6.61 Å². The van der Waals surface area contributed by atoms with Crippen LogP contribution in [0.25, 0.3) is 0 Å². The Morgan fingerprint density at radius 1 is 1.64 bits per heavy atom. The molecular weight excluding hydrogens is 156 g/mol. The fourth-order valence-corrected chi connectivity index (χ4v) is 1.68. The first kappa shape index (κ1) is 8.14. The van der Waals surface area contributed by atoms with Crippen LogP contribution in [0.15, 0.2) is 23.9 Å². The van der Waals surface area contributed by atoms with Gasteiger partial charge in [0, 0.05) is 14.3 Å². The Kier molecular flexibility index (Phi) is 2.98. The lowest BCUT2D eigenvalue weighted by atomic mass is 10.4. The lowest BCUT2D eigenvalue weighted by Gasteiger charge is -1.99. The number of carbonyl (C=O) groups is 1. The standard InChI is InChI=1S/C8H10O2Si/c1-2-10-8(9)7-5-3-4-6-11-7/h3-6,11H,2H2,1H3. The van der Waals surface area contributed by atoms with E-state index in [4.69, 9.17) is 4.74 Å². The smallest absolute Gasteiger partial charge is 0.333 e. The Labute approximate surface area is 67.9 Å². The van der Waals surface area contributed by atoms with Crippen LogP contribution >= 0.6 is 0 Å². The molecule has 0 N–H and O–H groups in total. The van der Waals surface area contributed by atoms with Crippen molar-refractivity contribution >= 4 is 15.1 Å². The second kappa shape index (κ2) is 4.03. The highest BCUT2D eigenvalue weighted by Gasteiger charge is 2.02. The number of hydrogen-bond acceptors (Lipinski definition) is 2. The predicted octanol–water partition coefficient (Wildman–Crippen LogP) is 0.934. The van der Waals surface area contributed by atoms with Crippen molar-refractivity contribution in [2.75, 3.05) is 6.61 Å². The summed E-state index contributed by atoms with van der Waals surface area (Å²) < 4.78 is 4.84. The van der Waals surface area contributed by atoms with Crippen molar-refractivity contribution in [3.8, 4) is 0 Å². The zero-order valence-electron chi connectivity index (χ0n) is 6.41. The second-order valence-corrected chi connectivity index (χ2v) is 3.43. The Hall–Kier alpha value is -0.963. The molecule has 0 saturated heterocycles. The van der Waals surface area contributed by atoms with Gasteiger partial charge in [0.15, 0.2) is 0 Å². The van der Waals surface area contributed by atoms with E-state index in [0.29, 0.717) is 6.61 Å². The third-order valence-electron chi connectivity index (χ3n) is 1.28. The summed E-state index contributed by atoms with van der Waals surface area (Å²) in [7, 11) is -0.00639. The van der Waals surface area contributed by atoms with Crippen molar-refractivity contribution in [2.45, 2.75) is 6.92 Å². The summed E-state index contributed by atoms with van der Waals surface area (Å²) in [5, 5.41) is 0.814. The lowest BCUT2D eigenvalue weighted by molar-refractivity contribution is 0.0531. The molecule has 0 aromatic carbocycles. The summed E-state index contributed by atoms with van der Waals surface area (Å²) >= 11 is 0. The van der Waals surface area contributed by atoms with E-state index in [0.717, 1.165) is 5.17 Å². The van der Waals surface area contributed by atoms with Crippen LogP contribution in [0.2, 0.25) is 0 Å². The minimum Gasteiger partial charge on any atom is -0.463 e. The van der Waals surface area contributed by atoms with Gasteiger partial charge in [-0.15, -0.1) is 0 Å². The van der Waals surface area contributed by atoms with E-state index in [1.807, 2.05) is 30.8 Å². The van der Waals surface area contributed by atoms with Crippen LogP contribution in [0, 0.1) is 0 Å². The van der Waals surface area contributed by atoms with Crippen LogP contribution in [0.4, 0.5) is 0 Å². The summed E-state index contributed by atoms with van der Waals surface area (Å²) in [6.45, 7) is 2.27. The van der Waals surface area contributed by atoms with E-state index in [2.05, 4.69) is 0 Å². The molecule has 58 valence electrons. The van der Waals surface area contributed by atoms with Gasteiger partial charge in [-0.05, 0) is 6.92 Å². The first-order valence-corrected chi connectivity index (χ1v) is 4.81. The predicted molar refractivity (Wildman–Crippen MR) is 45.1 cm³/mol. The zero-order chi connectivity index (χ0) is 8.10. The minimum absolute atomic E-state index is 0.00639. The van der Waals surface area contributed by atoms with Crippen molar-refractivity contribution in [1.82, 2.24) is 0 Å². The third-order valence-corrected chi connectivity index (χ3v) is 2.49. The van der Waals surface area contributed by atoms with Gasteiger partial charge in [0.25, 0.3) is 0 Å². The summed E-state index contributed by atoms with van der Waals surface area (Å²) in [6, 6.07) is 5.65. The van der Waals surface area contributed by atoms with Gasteiger partial charge >= 0.3 is 5.97 Å². The zero-order valence-corrected chi connectivity index (χ0v) is 7.57. The molecule has 0 aliphatic carbocycles. The molecule has 1 aromatic rings. The average molecular weight is 166 g/mol. The van der Waals surface area contributed by atoms with Gasteiger partial charge in [0.1, 0.15) is 0 Å². The molecule has 0 atom stereocenters. The van der Waals surface area contributed by atoms with Crippen molar-refractivity contribution < 1.29 is 9.53 Å². The van der Waals surface area contributed by atoms with Crippen LogP contribution in [-0.4, -0.2) is 21.7 Å². The molecule has 0 saturated carbocycles. The second-order valence-electron chi connectivity index (χ2n) is 2.09. The van der Waals surface area contributed by atoms with Crippen molar-refractivity contribution in [3.63, 3.8) is 0 Å². The Morgan fingerprint density at radius 3 is 3.00 bits per heavy atom. The molecule has 2 nitrogen and oxygen atoms in total. The molecule has 0 aliphatic rings. The molecule has 3 heteroatoms. The topological polar surface area (TPSA) is 26.3 Å². The molecular formula is C8H10O2Si. The number of ether oxygens (including phenoxy) is 1. The van der Waals surface area contributed by atoms with E-state index >= 15 is 0 Å². The molecule has 0 spiro atoms. The maximum absolute atomic E-state index is 11.1. The van der Waals surface area contributed by atoms with Gasteiger partial charge in [-0.25, -0.2) is 4.79 Å². The molecule has 1 aromatic heterocycles. The number of carbonyl (C=O) groups excluding carboxylic acids is 1. The molecule has 0 aliphatic heterocycles. The van der Waals surface area contributed by atoms with Crippen molar-refractivity contribution in [3.05, 3.63) is 29.1 Å². The van der Waals surface area contributed by atoms with Crippen LogP contribution in [0.3, 0.4) is 0 Å². The normalized spacial score (nSPS) is 9.18. The minimum atomic E-state index is -0.164. The fourth-order valence-electron chi connectivity index (χ4n) is 0.789. The average Bonchev–Trinajstić information content (AvgIpc) is 2.07. The Bertz CT molecular complexity index is 233. The van der Waals surface area contributed by atoms with Crippen LogP contribution in [0.5, 0.6) is 0 Å². The van der Waals surface area contributed by atoms with Gasteiger partial charge in [0.2, 0.25) is 0 Å². The van der Waals surface area contributed by atoms with E-state index < -0.39 is 0 Å². The van der Waals surface area contributed by atoms with E-state index in [1.54, 1.807) is 0 Å². The molecule has 1 heterocycles. The maximum Gasteiger partial charge on any atom is 0.333 e. The maximum atomic E-state index is 11.1. The van der Waals surface area contributed by atoms with E-state index in [1.165, 1.54) is 0 Å². The van der Waals surface area contributed by atoms with E-state index in [9.17, 15) is 4.79 Å². The van der Waals surface area contributed by atoms with Crippen LogP contribution in [-0.2, 0) is 4.74 Å². The summed E-state index contributed by atoms with van der Waals surface area (Å²) in [6.07, 6.45) is 0. The van der Waals surface area contributed by atoms with Gasteiger partial charge < -0.3 is 4.74 Å². The quantitative estimate of drug-likeness (QED) is 0.482. The van der Waals surface area contributed by atoms with Crippen molar-refractivity contribution in [1.29, 1.82) is 0 Å². The largest absolute Gasteiger partial charge is 0.463 e. The molecule has 1 rings (SSSR count). The van der Waals surface area contributed by atoms with Gasteiger partial charge in [-0.3, -0.25) is 0 Å². The molecule has 0 unspecified atom stereocenters. The molecule has 0 bridgehead atoms. The number of hydrogen-bond donors (Lipinski definition) is 0. The molecule has 11 heavy (non-hydrogen) atoms. The molecule has 0 amide bonds. The molecule has 0 radical (unpaired) electrons. The summed E-state index contributed by atoms with van der Waals surface area (Å²) in [5.74, 6) is -0.164. The monoisotopic (exact) mass is 166 g/mol. The van der Waals surface area contributed by atoms with E-state index in [-0.39, 0.29) is 15.1 Å². The van der Waals surface area contributed by atoms with Crippen molar-refractivity contribution in [2.24, 2.45) is 0 Å². The Morgan fingerprint density at radius 2 is 2.45 bits per heavy atom. The first-order chi connectivity index (χ1) is 5.34. The fraction of sp³-hybridized carbons (Fsp3) is 0.250. The van der Waals surface area contributed by atoms with Crippen LogP contribution < -0.4 is 0 Å². The third kappa shape index (κ3) is 2.27. The highest BCUT2D eigenvalue weighted by Crippen LogP contribution is 1.94. The van der Waals surface area contributed by atoms with Gasteiger partial charge in [-0.1, -0.05) is 23.9 Å². The van der Waals surface area contributed by atoms with Gasteiger partial charge in [-0.2, -0.15) is 0 Å². The molecule has 0 fully saturated rings. The van der Waals surface area contributed by atoms with Crippen LogP contribution in [0.1, 0.15) is 16.9 Å². The number of rotatable bonds is 2. The highest BCUT2D eigenvalue weighted by atomic mass is 28.2. The SMILES string of the molecule is CCOC(=O)c1cccc[siH]1. The summed E-state index contributed by atoms with van der Waals surface area (Å²) in [5.41, 5.74) is 2.02. The Balaban J connectivity index is 2.69.